The number of unbranched alkanes of at least 4 members (excludes halogenated alkanes) is 3. The van der Waals surface area contributed by atoms with Crippen LogP contribution >= 0.6 is 0 Å². The minimum atomic E-state index is -3.41. The average molecular weight is 312 g/mol. The van der Waals surface area contributed by atoms with Gasteiger partial charge in [0.1, 0.15) is 0 Å². The Bertz CT molecular complexity index is 498. The fourth-order valence-corrected chi connectivity index (χ4v) is 3.50. The number of sulfonamides is 1. The van der Waals surface area contributed by atoms with Gasteiger partial charge < -0.3 is 5.32 Å². The van der Waals surface area contributed by atoms with Crippen molar-refractivity contribution in [2.24, 2.45) is 0 Å². The van der Waals surface area contributed by atoms with Gasteiger partial charge in [-0.05, 0) is 44.5 Å². The third-order valence-corrected chi connectivity index (χ3v) is 5.00. The summed E-state index contributed by atoms with van der Waals surface area (Å²) in [5.41, 5.74) is 0.934. The Morgan fingerprint density at radius 1 is 1.05 bits per heavy atom. The van der Waals surface area contributed by atoms with Crippen LogP contribution in [0.25, 0.3) is 0 Å². The number of nitrogens with one attached hydrogen (secondary N) is 2. The van der Waals surface area contributed by atoms with Crippen LogP contribution in [0.5, 0.6) is 0 Å². The van der Waals surface area contributed by atoms with E-state index in [0.717, 1.165) is 25.1 Å². The molecule has 2 N–H and O–H groups in total. The predicted octanol–water partition coefficient (Wildman–Crippen LogP) is 3.76. The predicted molar refractivity (Wildman–Crippen MR) is 89.1 cm³/mol. The van der Waals surface area contributed by atoms with Crippen molar-refractivity contribution in [1.82, 2.24) is 4.72 Å². The van der Waals surface area contributed by atoms with Crippen molar-refractivity contribution in [3.8, 4) is 0 Å². The van der Waals surface area contributed by atoms with Gasteiger partial charge >= 0.3 is 0 Å². The maximum Gasteiger partial charge on any atom is 0.240 e. The van der Waals surface area contributed by atoms with Crippen molar-refractivity contribution < 1.29 is 8.42 Å². The lowest BCUT2D eigenvalue weighted by atomic mass is 10.1. The largest absolute Gasteiger partial charge is 0.385 e. The molecule has 0 amide bonds. The van der Waals surface area contributed by atoms with Gasteiger partial charge in [0.25, 0.3) is 0 Å². The molecule has 0 aromatic heterocycles. The van der Waals surface area contributed by atoms with E-state index in [9.17, 15) is 8.42 Å². The quantitative estimate of drug-likeness (QED) is 0.647. The van der Waals surface area contributed by atoms with Crippen molar-refractivity contribution in [3.05, 3.63) is 24.3 Å². The Balaban J connectivity index is 2.55. The normalized spacial score (nSPS) is 13.1. The lowest BCUT2D eigenvalue weighted by molar-refractivity contribution is 0.522. The maximum absolute atomic E-state index is 12.3. The van der Waals surface area contributed by atoms with E-state index in [1.54, 1.807) is 24.3 Å². The third-order valence-electron chi connectivity index (χ3n) is 3.39. The summed E-state index contributed by atoms with van der Waals surface area (Å²) in [6.45, 7) is 6.92. The molecule has 21 heavy (non-hydrogen) atoms. The number of anilines is 1. The topological polar surface area (TPSA) is 58.2 Å². The van der Waals surface area contributed by atoms with E-state index in [2.05, 4.69) is 17.0 Å². The molecule has 1 aromatic carbocycles. The van der Waals surface area contributed by atoms with Crippen molar-refractivity contribution in [2.75, 3.05) is 11.9 Å². The van der Waals surface area contributed by atoms with Crippen molar-refractivity contribution in [3.63, 3.8) is 0 Å². The molecule has 0 saturated heterocycles. The molecule has 0 spiro atoms. The van der Waals surface area contributed by atoms with Gasteiger partial charge in [-0.25, -0.2) is 13.1 Å². The summed E-state index contributed by atoms with van der Waals surface area (Å²) in [7, 11) is -3.41. The molecule has 0 bridgehead atoms. The summed E-state index contributed by atoms with van der Waals surface area (Å²) in [6.07, 6.45) is 5.52. The first-order chi connectivity index (χ1) is 9.99. The highest BCUT2D eigenvalue weighted by Crippen LogP contribution is 2.15. The molecule has 1 aromatic rings. The lowest BCUT2D eigenvalue weighted by Crippen LogP contribution is -2.32. The van der Waals surface area contributed by atoms with Crippen LogP contribution in [0.15, 0.2) is 29.2 Å². The van der Waals surface area contributed by atoms with Gasteiger partial charge in [0.15, 0.2) is 0 Å². The first-order valence-corrected chi connectivity index (χ1v) is 9.34. The zero-order chi connectivity index (χ0) is 15.7. The number of benzene rings is 1. The molecule has 1 atom stereocenters. The van der Waals surface area contributed by atoms with Crippen LogP contribution in [0.1, 0.15) is 52.9 Å². The Morgan fingerprint density at radius 3 is 2.29 bits per heavy atom. The van der Waals surface area contributed by atoms with E-state index in [1.165, 1.54) is 19.3 Å². The molecule has 0 radical (unpaired) electrons. The summed E-state index contributed by atoms with van der Waals surface area (Å²) in [5, 5.41) is 3.15. The first kappa shape index (κ1) is 18.0. The molecular formula is C16H28N2O2S. The van der Waals surface area contributed by atoms with Crippen LogP contribution < -0.4 is 10.0 Å². The molecule has 0 saturated carbocycles. The Labute approximate surface area is 129 Å². The number of hydrogen-bond acceptors (Lipinski definition) is 3. The highest BCUT2D eigenvalue weighted by molar-refractivity contribution is 7.89. The first-order valence-electron chi connectivity index (χ1n) is 7.85. The van der Waals surface area contributed by atoms with Gasteiger partial charge in [-0.1, -0.05) is 32.6 Å². The Kier molecular flexibility index (Phi) is 7.75. The molecule has 4 nitrogen and oxygen atoms in total. The summed E-state index contributed by atoms with van der Waals surface area (Å²) >= 11 is 0. The lowest BCUT2D eigenvalue weighted by Gasteiger charge is -2.14. The molecular weight excluding hydrogens is 284 g/mol. The molecule has 0 aliphatic heterocycles. The number of rotatable bonds is 10. The second-order valence-corrected chi connectivity index (χ2v) is 7.14. The van der Waals surface area contributed by atoms with Gasteiger partial charge in [0.2, 0.25) is 10.0 Å². The molecule has 0 heterocycles. The van der Waals surface area contributed by atoms with E-state index in [-0.39, 0.29) is 6.04 Å². The summed E-state index contributed by atoms with van der Waals surface area (Å²) in [4.78, 5) is 0.324. The molecule has 0 fully saturated rings. The van der Waals surface area contributed by atoms with E-state index in [4.69, 9.17) is 0 Å². The minimum Gasteiger partial charge on any atom is -0.385 e. The maximum atomic E-state index is 12.3. The van der Waals surface area contributed by atoms with Gasteiger partial charge in [-0.3, -0.25) is 0 Å². The minimum absolute atomic E-state index is 0.0275. The molecule has 0 aliphatic carbocycles. The van der Waals surface area contributed by atoms with Crippen LogP contribution in [-0.4, -0.2) is 21.0 Å². The molecule has 5 heteroatoms. The van der Waals surface area contributed by atoms with Gasteiger partial charge in [-0.15, -0.1) is 0 Å². The molecule has 1 rings (SSSR count). The van der Waals surface area contributed by atoms with E-state index in [1.807, 2.05) is 13.8 Å². The molecule has 1 unspecified atom stereocenters. The zero-order valence-electron chi connectivity index (χ0n) is 13.4. The number of hydrogen-bond donors (Lipinski definition) is 2. The van der Waals surface area contributed by atoms with Crippen LogP contribution in [0.2, 0.25) is 0 Å². The van der Waals surface area contributed by atoms with Gasteiger partial charge in [0.05, 0.1) is 4.90 Å². The van der Waals surface area contributed by atoms with Crippen molar-refractivity contribution in [1.29, 1.82) is 0 Å². The van der Waals surface area contributed by atoms with Crippen molar-refractivity contribution in [2.45, 2.75) is 63.8 Å². The second kappa shape index (κ2) is 9.05. The summed E-state index contributed by atoms with van der Waals surface area (Å²) in [5.74, 6) is 0. The average Bonchev–Trinajstić information content (AvgIpc) is 2.44. The van der Waals surface area contributed by atoms with Crippen LogP contribution in [0.3, 0.4) is 0 Å². The molecule has 0 aliphatic rings. The molecule has 120 valence electrons. The fourth-order valence-electron chi connectivity index (χ4n) is 2.23. The smallest absolute Gasteiger partial charge is 0.240 e. The summed E-state index contributed by atoms with van der Waals surface area (Å²) < 4.78 is 27.3. The zero-order valence-corrected chi connectivity index (χ0v) is 14.2. The summed E-state index contributed by atoms with van der Waals surface area (Å²) in [6, 6.07) is 6.85. The van der Waals surface area contributed by atoms with E-state index >= 15 is 0 Å². The highest BCUT2D eigenvalue weighted by Gasteiger charge is 2.16. The van der Waals surface area contributed by atoms with Gasteiger partial charge in [-0.2, -0.15) is 0 Å². The third kappa shape index (κ3) is 6.48. The second-order valence-electron chi connectivity index (χ2n) is 5.43. The monoisotopic (exact) mass is 312 g/mol. The van der Waals surface area contributed by atoms with Crippen LogP contribution in [0, 0.1) is 0 Å². The highest BCUT2D eigenvalue weighted by atomic mass is 32.2. The van der Waals surface area contributed by atoms with Crippen LogP contribution in [-0.2, 0) is 10.0 Å². The Hall–Kier alpha value is -1.07. The standard InChI is InChI=1S/C16H28N2O2S/c1-4-6-7-8-9-14(3)18-21(19,20)16-12-10-15(11-13-16)17-5-2/h10-14,17-18H,4-9H2,1-3H3. The Morgan fingerprint density at radius 2 is 1.71 bits per heavy atom. The fraction of sp³-hybridized carbons (Fsp3) is 0.625. The van der Waals surface area contributed by atoms with Gasteiger partial charge in [0, 0.05) is 18.3 Å². The van der Waals surface area contributed by atoms with E-state index < -0.39 is 10.0 Å². The van der Waals surface area contributed by atoms with Crippen LogP contribution in [0.4, 0.5) is 5.69 Å². The van der Waals surface area contributed by atoms with Crippen molar-refractivity contribution >= 4 is 15.7 Å². The van der Waals surface area contributed by atoms with E-state index in [0.29, 0.717) is 4.90 Å². The SMILES string of the molecule is CCCCCCC(C)NS(=O)(=O)c1ccc(NCC)cc1.